The Morgan fingerprint density at radius 1 is 1.28 bits per heavy atom. The predicted molar refractivity (Wildman–Crippen MR) is 111 cm³/mol. The van der Waals surface area contributed by atoms with Crippen LogP contribution in [0.25, 0.3) is 0 Å². The van der Waals surface area contributed by atoms with E-state index in [1.807, 2.05) is 30.7 Å². The zero-order chi connectivity index (χ0) is 21.0. The van der Waals surface area contributed by atoms with Crippen molar-refractivity contribution < 1.29 is 9.72 Å². The molecule has 1 N–H and O–H groups in total. The number of amides is 1. The second kappa shape index (κ2) is 8.99. The lowest BCUT2D eigenvalue weighted by Gasteiger charge is -2.08. The number of rotatable bonds is 8. The molecule has 0 aliphatic rings. The van der Waals surface area contributed by atoms with Gasteiger partial charge in [0, 0.05) is 24.3 Å². The molecule has 1 amide bonds. The minimum absolute atomic E-state index is 0.0474. The maximum absolute atomic E-state index is 12.3. The minimum Gasteiger partial charge on any atom is -0.352 e. The normalized spacial score (nSPS) is 10.9. The van der Waals surface area contributed by atoms with Crippen molar-refractivity contribution in [1.29, 1.82) is 0 Å². The highest BCUT2D eigenvalue weighted by molar-refractivity contribution is 9.10. The SMILES string of the molecule is Cc1nn(CCCNC(=O)c2ccc(Cn3cc([N+](=O)[O-])cn3)cc2)c(C)c1Br. The summed E-state index contributed by atoms with van der Waals surface area (Å²) < 4.78 is 4.44. The van der Waals surface area contributed by atoms with Gasteiger partial charge in [-0.3, -0.25) is 24.3 Å². The van der Waals surface area contributed by atoms with Crippen molar-refractivity contribution in [1.82, 2.24) is 24.9 Å². The Balaban J connectivity index is 1.48. The fourth-order valence-corrected chi connectivity index (χ4v) is 3.19. The van der Waals surface area contributed by atoms with Crippen molar-refractivity contribution in [2.24, 2.45) is 0 Å². The number of hydrogen-bond acceptors (Lipinski definition) is 5. The largest absolute Gasteiger partial charge is 0.352 e. The summed E-state index contributed by atoms with van der Waals surface area (Å²) in [5, 5.41) is 22.0. The van der Waals surface area contributed by atoms with E-state index in [1.165, 1.54) is 17.1 Å². The van der Waals surface area contributed by atoms with E-state index in [2.05, 4.69) is 31.4 Å². The second-order valence-corrected chi connectivity index (χ2v) is 7.46. The van der Waals surface area contributed by atoms with Crippen LogP contribution in [-0.4, -0.2) is 36.9 Å². The van der Waals surface area contributed by atoms with Gasteiger partial charge in [0.25, 0.3) is 5.91 Å². The molecule has 0 bridgehead atoms. The number of nitro groups is 1. The molecular formula is C19H21BrN6O3. The number of halogens is 1. The van der Waals surface area contributed by atoms with Gasteiger partial charge in [0.1, 0.15) is 12.4 Å². The van der Waals surface area contributed by atoms with Crippen LogP contribution in [0.3, 0.4) is 0 Å². The zero-order valence-electron chi connectivity index (χ0n) is 16.1. The molecule has 0 atom stereocenters. The number of aromatic nitrogens is 4. The highest BCUT2D eigenvalue weighted by Gasteiger charge is 2.11. The number of benzene rings is 1. The summed E-state index contributed by atoms with van der Waals surface area (Å²) in [7, 11) is 0. The van der Waals surface area contributed by atoms with Crippen molar-refractivity contribution >= 4 is 27.5 Å². The molecule has 0 fully saturated rings. The van der Waals surface area contributed by atoms with Crippen LogP contribution in [0.5, 0.6) is 0 Å². The van der Waals surface area contributed by atoms with Gasteiger partial charge in [0.15, 0.2) is 0 Å². The van der Waals surface area contributed by atoms with Crippen LogP contribution in [0.15, 0.2) is 41.1 Å². The Bertz CT molecular complexity index is 1030. The van der Waals surface area contributed by atoms with Gasteiger partial charge in [-0.2, -0.15) is 10.2 Å². The fraction of sp³-hybridized carbons (Fsp3) is 0.316. The number of nitrogens with zero attached hydrogens (tertiary/aromatic N) is 5. The summed E-state index contributed by atoms with van der Waals surface area (Å²) >= 11 is 3.51. The Hall–Kier alpha value is -3.01. The molecule has 2 aromatic heterocycles. The van der Waals surface area contributed by atoms with Gasteiger partial charge in [-0.1, -0.05) is 12.1 Å². The van der Waals surface area contributed by atoms with Gasteiger partial charge in [0.2, 0.25) is 0 Å². The molecular weight excluding hydrogens is 440 g/mol. The van der Waals surface area contributed by atoms with E-state index in [1.54, 1.807) is 12.1 Å². The number of hydrogen-bond donors (Lipinski definition) is 1. The Labute approximate surface area is 176 Å². The fourth-order valence-electron chi connectivity index (χ4n) is 2.91. The lowest BCUT2D eigenvalue weighted by Crippen LogP contribution is -2.25. The molecule has 0 radical (unpaired) electrons. The van der Waals surface area contributed by atoms with E-state index in [4.69, 9.17) is 0 Å². The Morgan fingerprint density at radius 3 is 2.59 bits per heavy atom. The standard InChI is InChI=1S/C19H21BrN6O3/c1-13-18(20)14(2)25(23-13)9-3-8-21-19(27)16-6-4-15(5-7-16)11-24-12-17(10-22-24)26(28)29/h4-7,10,12H,3,8-9,11H2,1-2H3,(H,21,27). The highest BCUT2D eigenvalue weighted by Crippen LogP contribution is 2.19. The highest BCUT2D eigenvalue weighted by atomic mass is 79.9. The van der Waals surface area contributed by atoms with Crippen molar-refractivity contribution in [3.63, 3.8) is 0 Å². The first-order chi connectivity index (χ1) is 13.8. The van der Waals surface area contributed by atoms with Crippen molar-refractivity contribution in [2.45, 2.75) is 33.4 Å². The monoisotopic (exact) mass is 460 g/mol. The van der Waals surface area contributed by atoms with Gasteiger partial charge in [0.05, 0.1) is 21.6 Å². The summed E-state index contributed by atoms with van der Waals surface area (Å²) in [5.74, 6) is -0.138. The molecule has 0 unspecified atom stereocenters. The number of carbonyl (C=O) groups excluding carboxylic acids is 1. The average molecular weight is 461 g/mol. The third-order valence-electron chi connectivity index (χ3n) is 4.52. The van der Waals surface area contributed by atoms with Gasteiger partial charge in [-0.25, -0.2) is 0 Å². The Morgan fingerprint density at radius 2 is 2.00 bits per heavy atom. The molecule has 1 aromatic carbocycles. The quantitative estimate of drug-likeness (QED) is 0.315. The van der Waals surface area contributed by atoms with E-state index in [0.29, 0.717) is 18.7 Å². The van der Waals surface area contributed by atoms with Crippen LogP contribution in [0.1, 0.15) is 33.7 Å². The summed E-state index contributed by atoms with van der Waals surface area (Å²) in [6.07, 6.45) is 3.37. The maximum Gasteiger partial charge on any atom is 0.307 e. The smallest absolute Gasteiger partial charge is 0.307 e. The van der Waals surface area contributed by atoms with E-state index in [9.17, 15) is 14.9 Å². The molecule has 9 nitrogen and oxygen atoms in total. The molecule has 3 aromatic rings. The van der Waals surface area contributed by atoms with Crippen LogP contribution < -0.4 is 5.32 Å². The summed E-state index contributed by atoms with van der Waals surface area (Å²) in [6, 6.07) is 7.10. The summed E-state index contributed by atoms with van der Waals surface area (Å²) in [6.45, 7) is 5.63. The topological polar surface area (TPSA) is 108 Å². The van der Waals surface area contributed by atoms with Crippen molar-refractivity contribution in [2.75, 3.05) is 6.54 Å². The lowest BCUT2D eigenvalue weighted by molar-refractivity contribution is -0.385. The molecule has 0 saturated heterocycles. The molecule has 152 valence electrons. The van der Waals surface area contributed by atoms with Crippen LogP contribution in [0, 0.1) is 24.0 Å². The van der Waals surface area contributed by atoms with Gasteiger partial charge in [-0.15, -0.1) is 0 Å². The molecule has 0 spiro atoms. The molecule has 0 saturated carbocycles. The molecule has 2 heterocycles. The first-order valence-electron chi connectivity index (χ1n) is 9.08. The molecule has 29 heavy (non-hydrogen) atoms. The van der Waals surface area contributed by atoms with Crippen LogP contribution in [0.4, 0.5) is 5.69 Å². The van der Waals surface area contributed by atoms with Crippen LogP contribution in [-0.2, 0) is 13.1 Å². The maximum atomic E-state index is 12.3. The zero-order valence-corrected chi connectivity index (χ0v) is 17.7. The van der Waals surface area contributed by atoms with Gasteiger partial charge >= 0.3 is 5.69 Å². The predicted octanol–water partition coefficient (Wildman–Crippen LogP) is 3.24. The van der Waals surface area contributed by atoms with Crippen molar-refractivity contribution in [3.05, 3.63) is 73.8 Å². The lowest BCUT2D eigenvalue weighted by atomic mass is 10.1. The Kier molecular flexibility index (Phi) is 6.42. The minimum atomic E-state index is -0.482. The first kappa shape index (κ1) is 20.7. The van der Waals surface area contributed by atoms with Crippen molar-refractivity contribution in [3.8, 4) is 0 Å². The van der Waals surface area contributed by atoms with Gasteiger partial charge in [-0.05, 0) is 53.9 Å². The molecule has 0 aliphatic heterocycles. The second-order valence-electron chi connectivity index (χ2n) is 6.67. The summed E-state index contributed by atoms with van der Waals surface area (Å²) in [5.41, 5.74) is 3.45. The van der Waals surface area contributed by atoms with E-state index >= 15 is 0 Å². The number of aryl methyl sites for hydroxylation is 2. The van der Waals surface area contributed by atoms with Crippen LogP contribution in [0.2, 0.25) is 0 Å². The third kappa shape index (κ3) is 5.08. The number of nitrogens with one attached hydrogen (secondary N) is 1. The summed E-state index contributed by atoms with van der Waals surface area (Å²) in [4.78, 5) is 22.5. The van der Waals surface area contributed by atoms with Gasteiger partial charge < -0.3 is 5.32 Å². The third-order valence-corrected chi connectivity index (χ3v) is 5.66. The molecule has 0 aliphatic carbocycles. The molecule has 3 rings (SSSR count). The average Bonchev–Trinajstić information content (AvgIpc) is 3.26. The van der Waals surface area contributed by atoms with E-state index in [-0.39, 0.29) is 11.6 Å². The first-order valence-corrected chi connectivity index (χ1v) is 9.88. The van der Waals surface area contributed by atoms with E-state index in [0.717, 1.165) is 34.4 Å². The molecule has 10 heteroatoms. The van der Waals surface area contributed by atoms with E-state index < -0.39 is 4.92 Å². The number of carbonyl (C=O) groups is 1. The van der Waals surface area contributed by atoms with Crippen LogP contribution >= 0.6 is 15.9 Å².